The summed E-state index contributed by atoms with van der Waals surface area (Å²) in [4.78, 5) is 22.9. The smallest absolute Gasteiger partial charge is 0.489 e. The van der Waals surface area contributed by atoms with E-state index in [0.29, 0.717) is 12.8 Å². The van der Waals surface area contributed by atoms with Crippen LogP contribution in [0.2, 0.25) is 0 Å². The highest BCUT2D eigenvalue weighted by atomic mass is 16.7. The van der Waals surface area contributed by atoms with Gasteiger partial charge in [-0.15, -0.1) is 0 Å². The van der Waals surface area contributed by atoms with Gasteiger partial charge >= 0.3 is 20.2 Å². The molecule has 7 heteroatoms. The van der Waals surface area contributed by atoms with Crippen LogP contribution in [0.3, 0.4) is 0 Å². The fraction of sp³-hybridized carbons (Fsp3) is 0.647. The lowest BCUT2D eigenvalue weighted by Crippen LogP contribution is -2.22. The van der Waals surface area contributed by atoms with Crippen molar-refractivity contribution in [3.8, 4) is 0 Å². The van der Waals surface area contributed by atoms with Gasteiger partial charge in [0.25, 0.3) is 0 Å². The standard InChI is InChI=1S/C17H23BO6/c1-11-5-3-2-4-6-12-9-13(23-17(21)24-18)10-14(12)15(19)7-8-16(20)22-11/h4,6-8,11-15,19H,2-3,5,9-10H2,1H3/b6-4+,8-7+/t11-,12+,13-,14+,15+/m0/s1. The van der Waals surface area contributed by atoms with Crippen molar-refractivity contribution in [1.29, 1.82) is 0 Å². The summed E-state index contributed by atoms with van der Waals surface area (Å²) >= 11 is 0. The SMILES string of the molecule is [B]OC(=O)O[C@@H]1C[C@H]2[C@H](O)/C=C/C(=O)O[C@@H](C)CCC/C=C/[C@@H]2C1. The maximum atomic E-state index is 11.7. The summed E-state index contributed by atoms with van der Waals surface area (Å²) in [5.41, 5.74) is 0. The number of rotatable bonds is 1. The van der Waals surface area contributed by atoms with Crippen molar-refractivity contribution in [1.82, 2.24) is 0 Å². The van der Waals surface area contributed by atoms with E-state index in [-0.39, 0.29) is 24.0 Å². The Morgan fingerprint density at radius 1 is 1.38 bits per heavy atom. The summed E-state index contributed by atoms with van der Waals surface area (Å²) < 4.78 is 14.4. The summed E-state index contributed by atoms with van der Waals surface area (Å²) in [7, 11) is 4.79. The molecule has 0 unspecified atom stereocenters. The molecule has 24 heavy (non-hydrogen) atoms. The summed E-state index contributed by atoms with van der Waals surface area (Å²) in [6.45, 7) is 1.86. The predicted octanol–water partition coefficient (Wildman–Crippen LogP) is 2.21. The Labute approximate surface area is 143 Å². The summed E-state index contributed by atoms with van der Waals surface area (Å²) in [5.74, 6) is -0.559. The zero-order valence-electron chi connectivity index (χ0n) is 13.8. The maximum Gasteiger partial charge on any atom is 0.489 e. The Morgan fingerprint density at radius 2 is 2.17 bits per heavy atom. The van der Waals surface area contributed by atoms with Crippen LogP contribution < -0.4 is 0 Å². The van der Waals surface area contributed by atoms with E-state index in [1.165, 1.54) is 12.2 Å². The molecule has 1 aliphatic heterocycles. The van der Waals surface area contributed by atoms with Crippen LogP contribution in [-0.2, 0) is 18.9 Å². The average molecular weight is 334 g/mol. The molecule has 0 aromatic rings. The predicted molar refractivity (Wildman–Crippen MR) is 87.0 cm³/mol. The zero-order chi connectivity index (χ0) is 17.5. The number of aliphatic hydroxyl groups excluding tert-OH is 1. The van der Waals surface area contributed by atoms with Gasteiger partial charge in [-0.3, -0.25) is 0 Å². The van der Waals surface area contributed by atoms with E-state index < -0.39 is 18.2 Å². The molecular formula is C17H23BO6. The number of hydrogen-bond acceptors (Lipinski definition) is 6. The first-order valence-corrected chi connectivity index (χ1v) is 8.30. The molecule has 0 bridgehead atoms. The minimum Gasteiger partial charge on any atom is -0.513 e. The van der Waals surface area contributed by atoms with Crippen LogP contribution in [0.5, 0.6) is 0 Å². The van der Waals surface area contributed by atoms with E-state index >= 15 is 0 Å². The number of allylic oxidation sites excluding steroid dienone is 2. The molecule has 1 saturated carbocycles. The van der Waals surface area contributed by atoms with Crippen molar-refractivity contribution >= 4 is 20.2 Å². The van der Waals surface area contributed by atoms with E-state index in [9.17, 15) is 14.7 Å². The molecule has 0 aromatic heterocycles. The molecule has 1 aliphatic carbocycles. The number of esters is 1. The molecule has 0 saturated heterocycles. The molecule has 0 spiro atoms. The highest BCUT2D eigenvalue weighted by Crippen LogP contribution is 2.38. The second-order valence-corrected chi connectivity index (χ2v) is 6.36. The van der Waals surface area contributed by atoms with Crippen LogP contribution in [0, 0.1) is 11.8 Å². The van der Waals surface area contributed by atoms with E-state index in [0.717, 1.165) is 19.3 Å². The molecular weight excluding hydrogens is 311 g/mol. The van der Waals surface area contributed by atoms with Crippen LogP contribution >= 0.6 is 0 Å². The van der Waals surface area contributed by atoms with Gasteiger partial charge in [0.2, 0.25) is 0 Å². The van der Waals surface area contributed by atoms with Crippen LogP contribution in [0.25, 0.3) is 0 Å². The maximum absolute atomic E-state index is 11.7. The van der Waals surface area contributed by atoms with Crippen molar-refractivity contribution in [3.05, 3.63) is 24.3 Å². The molecule has 1 heterocycles. The number of aliphatic hydroxyl groups is 1. The lowest BCUT2D eigenvalue weighted by Gasteiger charge is -2.19. The number of carbonyl (C=O) groups excluding carboxylic acids is 2. The van der Waals surface area contributed by atoms with Gasteiger partial charge in [-0.2, -0.15) is 0 Å². The Balaban J connectivity index is 2.09. The minimum absolute atomic E-state index is 0.0504. The number of ether oxygens (including phenoxy) is 2. The molecule has 2 radical (unpaired) electrons. The quantitative estimate of drug-likeness (QED) is 0.450. The van der Waals surface area contributed by atoms with E-state index in [1.807, 2.05) is 6.92 Å². The van der Waals surface area contributed by atoms with Crippen molar-refractivity contribution in [2.45, 2.75) is 57.3 Å². The fourth-order valence-electron chi connectivity index (χ4n) is 3.34. The van der Waals surface area contributed by atoms with Gasteiger partial charge in [0.05, 0.1) is 12.2 Å². The van der Waals surface area contributed by atoms with Crippen molar-refractivity contribution in [2.24, 2.45) is 11.8 Å². The second kappa shape index (κ2) is 8.92. The Morgan fingerprint density at radius 3 is 2.92 bits per heavy atom. The van der Waals surface area contributed by atoms with Gasteiger partial charge in [0, 0.05) is 6.08 Å². The molecule has 1 N–H and O–H groups in total. The largest absolute Gasteiger partial charge is 0.513 e. The van der Waals surface area contributed by atoms with Gasteiger partial charge in [0.15, 0.2) is 0 Å². The highest BCUT2D eigenvalue weighted by Gasteiger charge is 2.38. The average Bonchev–Trinajstić information content (AvgIpc) is 2.94. The lowest BCUT2D eigenvalue weighted by atomic mass is 9.90. The fourth-order valence-corrected chi connectivity index (χ4v) is 3.34. The second-order valence-electron chi connectivity index (χ2n) is 6.36. The molecule has 2 aliphatic rings. The topological polar surface area (TPSA) is 82.1 Å². The number of hydrogen-bond donors (Lipinski definition) is 1. The zero-order valence-corrected chi connectivity index (χ0v) is 13.8. The molecule has 2 rings (SSSR count). The molecule has 6 nitrogen and oxygen atoms in total. The van der Waals surface area contributed by atoms with E-state index in [1.54, 1.807) is 0 Å². The molecule has 0 amide bonds. The lowest BCUT2D eigenvalue weighted by molar-refractivity contribution is -0.142. The Bertz CT molecular complexity index is 503. The monoisotopic (exact) mass is 334 g/mol. The van der Waals surface area contributed by atoms with Gasteiger partial charge in [-0.05, 0) is 56.9 Å². The minimum atomic E-state index is -0.930. The molecule has 1 fully saturated rings. The molecule has 0 aromatic carbocycles. The summed E-state index contributed by atoms with van der Waals surface area (Å²) in [6.07, 6.45) is 8.19. The number of carbonyl (C=O) groups is 2. The van der Waals surface area contributed by atoms with Crippen molar-refractivity contribution < 1.29 is 28.8 Å². The first-order valence-electron chi connectivity index (χ1n) is 8.30. The van der Waals surface area contributed by atoms with Crippen LogP contribution in [0.4, 0.5) is 4.79 Å². The first-order chi connectivity index (χ1) is 11.5. The van der Waals surface area contributed by atoms with Crippen LogP contribution in [0.1, 0.15) is 39.0 Å². The molecule has 5 atom stereocenters. The summed E-state index contributed by atoms with van der Waals surface area (Å²) in [6, 6.07) is 0. The third-order valence-electron chi connectivity index (χ3n) is 4.53. The third kappa shape index (κ3) is 5.41. The first kappa shape index (κ1) is 18.6. The summed E-state index contributed by atoms with van der Waals surface area (Å²) in [5, 5.41) is 10.4. The van der Waals surface area contributed by atoms with Gasteiger partial charge in [-0.25, -0.2) is 9.59 Å². The number of cyclic esters (lactones) is 1. The highest BCUT2D eigenvalue weighted by molar-refractivity contribution is 6.04. The van der Waals surface area contributed by atoms with Gasteiger partial charge in [-0.1, -0.05) is 12.2 Å². The molecule has 130 valence electrons. The van der Waals surface area contributed by atoms with Crippen molar-refractivity contribution in [3.63, 3.8) is 0 Å². The van der Waals surface area contributed by atoms with Gasteiger partial charge in [0.1, 0.15) is 6.10 Å². The van der Waals surface area contributed by atoms with Gasteiger partial charge < -0.3 is 19.2 Å². The Kier molecular flexibility index (Phi) is 6.91. The number of fused-ring (bicyclic) bond motifs is 1. The van der Waals surface area contributed by atoms with Crippen molar-refractivity contribution in [2.75, 3.05) is 0 Å². The van der Waals surface area contributed by atoms with E-state index in [4.69, 9.17) is 17.5 Å². The normalized spacial score (nSPS) is 36.9. The third-order valence-corrected chi connectivity index (χ3v) is 4.53. The Hall–Kier alpha value is -1.76. The van der Waals surface area contributed by atoms with E-state index in [2.05, 4.69) is 16.8 Å². The van der Waals surface area contributed by atoms with Crippen LogP contribution in [-0.4, -0.2) is 43.6 Å². The van der Waals surface area contributed by atoms with Crippen LogP contribution in [0.15, 0.2) is 24.3 Å².